The largest absolute Gasteiger partial charge is 0.469 e. The lowest BCUT2D eigenvalue weighted by molar-refractivity contribution is -0.248. The molecule has 0 bridgehead atoms. The van der Waals surface area contributed by atoms with Crippen molar-refractivity contribution in [3.8, 4) is 22.5 Å². The lowest BCUT2D eigenvalue weighted by Crippen LogP contribution is -2.67. The second-order valence-corrected chi connectivity index (χ2v) is 22.8. The summed E-state index contributed by atoms with van der Waals surface area (Å²) in [6.45, 7) is 31.7. The first-order valence-electron chi connectivity index (χ1n) is 25.9. The van der Waals surface area contributed by atoms with Crippen molar-refractivity contribution in [3.63, 3.8) is 0 Å². The average Bonchev–Trinajstić information content (AvgIpc) is 3.71. The molecule has 6 aliphatic carbocycles. The van der Waals surface area contributed by atoms with E-state index in [0.29, 0.717) is 35.2 Å². The van der Waals surface area contributed by atoms with E-state index in [1.54, 1.807) is 7.11 Å². The fourth-order valence-corrected chi connectivity index (χ4v) is 16.7. The van der Waals surface area contributed by atoms with Crippen LogP contribution in [0.3, 0.4) is 0 Å². The summed E-state index contributed by atoms with van der Waals surface area (Å²) in [5.74, 6) is 2.71. The summed E-state index contributed by atoms with van der Waals surface area (Å²) < 4.78 is 21.7. The average molecular weight is 896 g/mol. The van der Waals surface area contributed by atoms with Gasteiger partial charge in [-0.25, -0.2) is 9.37 Å². The summed E-state index contributed by atoms with van der Waals surface area (Å²) in [4.78, 5) is 31.1. The predicted octanol–water partition coefficient (Wildman–Crippen LogP) is 13.2. The lowest BCUT2D eigenvalue weighted by Gasteiger charge is -2.72. The fraction of sp³-hybridized carbons (Fsp3) is 0.610. The molecule has 0 radical (unpaired) electrons. The molecule has 7 nitrogen and oxygen atoms in total. The third-order valence-electron chi connectivity index (χ3n) is 20.2. The van der Waals surface area contributed by atoms with Gasteiger partial charge < -0.3 is 18.8 Å². The van der Waals surface area contributed by atoms with Gasteiger partial charge in [0.15, 0.2) is 0 Å². The molecule has 2 aromatic carbocycles. The van der Waals surface area contributed by atoms with Crippen LogP contribution < -0.4 is 14.8 Å². The highest BCUT2D eigenvalue weighted by atomic mass is 16.5. The number of benzene rings is 3. The molecule has 0 spiro atoms. The second kappa shape index (κ2) is 17.0. The van der Waals surface area contributed by atoms with Gasteiger partial charge in [0.25, 0.3) is 0 Å². The van der Waals surface area contributed by atoms with Crippen LogP contribution >= 0.6 is 0 Å². The number of hydrogen-bond acceptors (Lipinski definition) is 6. The zero-order valence-corrected chi connectivity index (χ0v) is 42.3. The van der Waals surface area contributed by atoms with E-state index in [9.17, 15) is 9.59 Å². The summed E-state index contributed by atoms with van der Waals surface area (Å²) in [6.07, 6.45) is 10.3. The normalized spacial score (nSPS) is 33.3. The first kappa shape index (κ1) is 46.7. The van der Waals surface area contributed by atoms with Crippen molar-refractivity contribution in [2.24, 2.45) is 56.7 Å². The van der Waals surface area contributed by atoms with E-state index in [1.165, 1.54) is 18.4 Å². The Balaban J connectivity index is 1.03. The van der Waals surface area contributed by atoms with E-state index in [2.05, 4.69) is 128 Å². The number of carbonyl (C=O) groups excluding carboxylic acids is 2. The Morgan fingerprint density at radius 2 is 1.53 bits per heavy atom. The van der Waals surface area contributed by atoms with Gasteiger partial charge >= 0.3 is 11.9 Å². The third kappa shape index (κ3) is 6.79. The Bertz CT molecular complexity index is 2580. The maximum Gasteiger partial charge on any atom is 0.339 e. The van der Waals surface area contributed by atoms with Gasteiger partial charge in [0.1, 0.15) is 30.5 Å². The number of nitrogens with zero attached hydrogens (tertiary/aromatic N) is 2. The predicted molar refractivity (Wildman–Crippen MR) is 268 cm³/mol. The number of esters is 2. The maximum absolute atomic E-state index is 15.0. The van der Waals surface area contributed by atoms with Crippen LogP contribution in [-0.4, -0.2) is 51.3 Å². The van der Waals surface area contributed by atoms with E-state index < -0.39 is 0 Å². The van der Waals surface area contributed by atoms with Crippen molar-refractivity contribution in [3.05, 3.63) is 83.7 Å². The Labute approximate surface area is 395 Å². The molecule has 5 saturated carbocycles. The van der Waals surface area contributed by atoms with Gasteiger partial charge in [-0.1, -0.05) is 65.0 Å². The van der Waals surface area contributed by atoms with E-state index in [-0.39, 0.29) is 45.1 Å². The Morgan fingerprint density at radius 3 is 2.23 bits per heavy atom. The molecule has 0 N–H and O–H groups in total. The highest BCUT2D eigenvalue weighted by Crippen LogP contribution is 2.77. The molecule has 0 unspecified atom stereocenters. The summed E-state index contributed by atoms with van der Waals surface area (Å²) in [5.41, 5.74) is 6.41. The molecule has 1 heterocycles. The summed E-state index contributed by atoms with van der Waals surface area (Å²) >= 11 is 0. The molecule has 1 aliphatic heterocycles. The van der Waals surface area contributed by atoms with Crippen LogP contribution in [0.5, 0.6) is 0 Å². The van der Waals surface area contributed by atoms with Crippen molar-refractivity contribution >= 4 is 28.6 Å². The molecule has 7 heteroatoms. The van der Waals surface area contributed by atoms with Gasteiger partial charge in [-0.15, -0.1) is 0 Å². The Hall–Kier alpha value is -4.39. The molecular formula is C59H79N2O5+. The fourth-order valence-electron chi connectivity index (χ4n) is 16.7. The molecule has 0 aromatic heterocycles. The summed E-state index contributed by atoms with van der Waals surface area (Å²) in [7, 11) is 1.60. The Kier molecular flexibility index (Phi) is 12.0. The summed E-state index contributed by atoms with van der Waals surface area (Å²) in [5, 5.41) is 2.10. The van der Waals surface area contributed by atoms with Crippen LogP contribution in [0.4, 0.5) is 5.69 Å². The molecule has 354 valence electrons. The second-order valence-electron chi connectivity index (χ2n) is 22.8. The minimum absolute atomic E-state index is 0.0217. The van der Waals surface area contributed by atoms with Crippen LogP contribution in [0.25, 0.3) is 33.4 Å². The number of carbonyl (C=O) groups is 2. The molecule has 0 amide bonds. The number of hydrogen-bond donors (Lipinski definition) is 0. The number of fused-ring (bicyclic) bond motifs is 9. The smallest absolute Gasteiger partial charge is 0.339 e. The van der Waals surface area contributed by atoms with Crippen molar-refractivity contribution in [2.45, 2.75) is 140 Å². The van der Waals surface area contributed by atoms with E-state index in [4.69, 9.17) is 13.9 Å². The zero-order valence-electron chi connectivity index (χ0n) is 42.3. The minimum Gasteiger partial charge on any atom is -0.469 e. The van der Waals surface area contributed by atoms with Crippen LogP contribution in [0.1, 0.15) is 144 Å². The molecule has 10 atom stereocenters. The SMILES string of the molecule is C=C(C)[C@@H]1CC[C@]2(C(=O)OC)CC[C@]3(C)[C@H](CC[C@@H]4[C@@]5(C)CC[C@H](OC(=O)c6ccccc6-c6c7ccc(=[N+](CC)CC)cc-7oc7cc(N(CC)CC)ccc67)C(C)(C)[C@@H]5CC[C@]43C)[C@H]12. The molecule has 5 fully saturated rings. The Morgan fingerprint density at radius 1 is 0.788 bits per heavy atom. The highest BCUT2D eigenvalue weighted by molar-refractivity contribution is 6.08. The van der Waals surface area contributed by atoms with Gasteiger partial charge in [0.2, 0.25) is 5.36 Å². The van der Waals surface area contributed by atoms with Crippen molar-refractivity contribution < 1.29 is 23.5 Å². The number of methoxy groups -OCH3 is 1. The number of allylic oxidation sites excluding steroid dienone is 1. The van der Waals surface area contributed by atoms with Crippen LogP contribution in [0.15, 0.2) is 77.2 Å². The van der Waals surface area contributed by atoms with Gasteiger partial charge in [-0.05, 0) is 174 Å². The molecule has 9 rings (SSSR count). The molecule has 7 aliphatic rings. The zero-order chi connectivity index (χ0) is 47.1. The molecule has 0 saturated heterocycles. The van der Waals surface area contributed by atoms with Crippen molar-refractivity contribution in [1.82, 2.24) is 4.58 Å². The highest BCUT2D eigenvalue weighted by Gasteiger charge is 2.72. The topological polar surface area (TPSA) is 72.0 Å². The van der Waals surface area contributed by atoms with E-state index in [0.717, 1.165) is 122 Å². The lowest BCUT2D eigenvalue weighted by atomic mass is 9.32. The first-order chi connectivity index (χ1) is 31.5. The van der Waals surface area contributed by atoms with Crippen LogP contribution in [0, 0.1) is 56.7 Å². The molecule has 2 aromatic rings. The van der Waals surface area contributed by atoms with Crippen molar-refractivity contribution in [1.29, 1.82) is 0 Å². The van der Waals surface area contributed by atoms with Crippen LogP contribution in [0.2, 0.25) is 0 Å². The third-order valence-corrected chi connectivity index (χ3v) is 20.2. The minimum atomic E-state index is -0.380. The number of rotatable bonds is 10. The molecular weight excluding hydrogens is 817 g/mol. The maximum atomic E-state index is 15.0. The van der Waals surface area contributed by atoms with E-state index >= 15 is 0 Å². The first-order valence-corrected chi connectivity index (χ1v) is 25.9. The molecule has 66 heavy (non-hydrogen) atoms. The van der Waals surface area contributed by atoms with E-state index in [1.807, 2.05) is 18.2 Å². The van der Waals surface area contributed by atoms with Gasteiger partial charge in [-0.2, -0.15) is 0 Å². The van der Waals surface area contributed by atoms with Crippen LogP contribution in [-0.2, 0) is 14.3 Å². The number of ether oxygens (including phenoxy) is 2. The van der Waals surface area contributed by atoms with Gasteiger partial charge in [0, 0.05) is 52.8 Å². The van der Waals surface area contributed by atoms with Gasteiger partial charge in [0.05, 0.1) is 24.2 Å². The quantitative estimate of drug-likeness (QED) is 0.0683. The monoisotopic (exact) mass is 896 g/mol. The van der Waals surface area contributed by atoms with Crippen molar-refractivity contribution in [2.75, 3.05) is 38.2 Å². The van der Waals surface area contributed by atoms with Gasteiger partial charge in [-0.3, -0.25) is 4.79 Å². The summed E-state index contributed by atoms with van der Waals surface area (Å²) in [6, 6.07) is 21.1. The number of anilines is 1. The standard InChI is InChI=1S/C59H79N2O5/c1-13-60(14-2)38-21-23-43-46(35-38)65-47-36-39(61(15-3)16-4)22-24-44(47)51(43)41-19-17-18-20-42(41)53(62)66-50-29-30-56(9)48(55(50,7)8)28-31-58(11)49(56)26-25-45-52-40(37(5)6)27-32-59(52,54(63)64-12)34-33-57(45,58)10/h17-24,35-36,40,45,48-50,52H,5,13-16,25-34H2,1-4,6-12H3/q+1/t40-,45+,48-,49+,50-,52-,56-,57+,58+,59-/m0/s1.